The molecule has 0 saturated carbocycles. The largest absolute Gasteiger partial charge is 0.398 e. The first-order valence-corrected chi connectivity index (χ1v) is 10.7. The van der Waals surface area contributed by atoms with Crippen LogP contribution in [-0.2, 0) is 19.2 Å². The van der Waals surface area contributed by atoms with Crippen LogP contribution in [0, 0.1) is 0 Å². The fourth-order valence-electron chi connectivity index (χ4n) is 2.81. The van der Waals surface area contributed by atoms with Gasteiger partial charge >= 0.3 is 0 Å². The molecule has 2 fully saturated rings. The van der Waals surface area contributed by atoms with Crippen molar-refractivity contribution in [3.63, 3.8) is 0 Å². The molecule has 150 valence electrons. The van der Waals surface area contributed by atoms with E-state index in [-0.39, 0.29) is 39.7 Å². The van der Waals surface area contributed by atoms with Crippen molar-refractivity contribution in [1.82, 2.24) is 15.2 Å². The molecule has 0 bridgehead atoms. The summed E-state index contributed by atoms with van der Waals surface area (Å²) in [5, 5.41) is 10.6. The number of thiazole rings is 1. The van der Waals surface area contributed by atoms with Crippen LogP contribution in [0.25, 0.3) is 0 Å². The van der Waals surface area contributed by atoms with E-state index in [0.717, 1.165) is 22.7 Å². The molecule has 0 radical (unpaired) electrons. The van der Waals surface area contributed by atoms with Crippen LogP contribution in [0.3, 0.4) is 0 Å². The van der Waals surface area contributed by atoms with Crippen molar-refractivity contribution >= 4 is 63.3 Å². The zero-order valence-corrected chi connectivity index (χ0v) is 17.5. The molecule has 3 atom stereocenters. The van der Waals surface area contributed by atoms with Gasteiger partial charge < -0.3 is 20.4 Å². The van der Waals surface area contributed by atoms with Gasteiger partial charge in [0.25, 0.3) is 5.91 Å². The summed E-state index contributed by atoms with van der Waals surface area (Å²) in [6.45, 7) is 5.90. The maximum Gasteiger partial charge on any atom is 0.276 e. The van der Waals surface area contributed by atoms with Crippen molar-refractivity contribution in [2.24, 2.45) is 5.16 Å². The van der Waals surface area contributed by atoms with Gasteiger partial charge in [0.2, 0.25) is 11.8 Å². The highest BCUT2D eigenvalue weighted by atomic mass is 35.5. The molecule has 0 aromatic carbocycles. The Kier molecular flexibility index (Phi) is 6.26. The van der Waals surface area contributed by atoms with Crippen molar-refractivity contribution in [1.29, 1.82) is 0 Å². The van der Waals surface area contributed by atoms with Crippen molar-refractivity contribution in [2.45, 2.75) is 24.4 Å². The van der Waals surface area contributed by atoms with Gasteiger partial charge in [-0.3, -0.25) is 14.4 Å². The summed E-state index contributed by atoms with van der Waals surface area (Å²) in [5.74, 6) is -0.639. The van der Waals surface area contributed by atoms with Crippen molar-refractivity contribution in [2.75, 3.05) is 24.1 Å². The van der Waals surface area contributed by atoms with Crippen LogP contribution in [0.5, 0.6) is 0 Å². The minimum atomic E-state index is -0.649. The number of hydrogen-bond acceptors (Lipinski definition) is 8. The van der Waals surface area contributed by atoms with E-state index in [4.69, 9.17) is 16.4 Å². The van der Waals surface area contributed by atoms with Gasteiger partial charge in [0.15, 0.2) is 10.8 Å². The first-order valence-electron chi connectivity index (χ1n) is 8.22. The van der Waals surface area contributed by atoms with Crippen LogP contribution in [0.2, 0.25) is 0 Å². The third-order valence-electron chi connectivity index (χ3n) is 4.33. The summed E-state index contributed by atoms with van der Waals surface area (Å²) in [6.07, 6.45) is 0. The van der Waals surface area contributed by atoms with Gasteiger partial charge in [0.05, 0.1) is 6.04 Å². The Bertz CT molecular complexity index is 858. The zero-order valence-electron chi connectivity index (χ0n) is 15.1. The summed E-state index contributed by atoms with van der Waals surface area (Å²) in [4.78, 5) is 47.2. The van der Waals surface area contributed by atoms with E-state index in [1.54, 1.807) is 22.0 Å². The van der Waals surface area contributed by atoms with Gasteiger partial charge in [0.1, 0.15) is 30.1 Å². The minimum Gasteiger partial charge on any atom is -0.398 e. The number of carbonyl (C=O) groups is 3. The lowest BCUT2D eigenvalue weighted by molar-refractivity contribution is -0.150. The Labute approximate surface area is 174 Å². The SMILES string of the molecule is C=C1CSC2C(NC(=O)/C(=N\OC)c3csc(NC(=O)CCl)n3)C(=O)N2C1C. The fraction of sp³-hybridized carbons (Fsp3) is 0.438. The molecule has 2 saturated heterocycles. The predicted octanol–water partition coefficient (Wildman–Crippen LogP) is 1.02. The molecule has 0 aliphatic carbocycles. The molecule has 28 heavy (non-hydrogen) atoms. The summed E-state index contributed by atoms with van der Waals surface area (Å²) < 4.78 is 0. The van der Waals surface area contributed by atoms with E-state index in [2.05, 4.69) is 27.4 Å². The Balaban J connectivity index is 1.71. The molecule has 2 N–H and O–H groups in total. The van der Waals surface area contributed by atoms with Crippen LogP contribution in [0.1, 0.15) is 12.6 Å². The Morgan fingerprint density at radius 2 is 2.29 bits per heavy atom. The molecule has 3 heterocycles. The quantitative estimate of drug-likeness (QED) is 0.223. The third-order valence-corrected chi connectivity index (χ3v) is 6.70. The third kappa shape index (κ3) is 3.87. The van der Waals surface area contributed by atoms with E-state index >= 15 is 0 Å². The van der Waals surface area contributed by atoms with Gasteiger partial charge in [-0.1, -0.05) is 11.7 Å². The van der Waals surface area contributed by atoms with Gasteiger partial charge in [0, 0.05) is 11.1 Å². The van der Waals surface area contributed by atoms with Crippen LogP contribution >= 0.6 is 34.7 Å². The topological polar surface area (TPSA) is 113 Å². The Morgan fingerprint density at radius 3 is 2.96 bits per heavy atom. The summed E-state index contributed by atoms with van der Waals surface area (Å²) >= 11 is 8.13. The maximum absolute atomic E-state index is 12.7. The smallest absolute Gasteiger partial charge is 0.276 e. The van der Waals surface area contributed by atoms with E-state index < -0.39 is 17.9 Å². The molecular formula is C16H18ClN5O4S2. The number of amides is 3. The van der Waals surface area contributed by atoms with Crippen LogP contribution in [0.15, 0.2) is 22.7 Å². The number of thioether (sulfide) groups is 1. The average molecular weight is 444 g/mol. The molecular weight excluding hydrogens is 426 g/mol. The lowest BCUT2D eigenvalue weighted by Gasteiger charge is -2.53. The number of nitrogens with zero attached hydrogens (tertiary/aromatic N) is 3. The molecule has 0 spiro atoms. The van der Waals surface area contributed by atoms with E-state index in [1.807, 2.05) is 6.92 Å². The number of β-lactam (4-membered cyclic amide) rings is 1. The Morgan fingerprint density at radius 1 is 1.54 bits per heavy atom. The number of fused-ring (bicyclic) bond motifs is 1. The summed E-state index contributed by atoms with van der Waals surface area (Å²) in [6, 6.07) is -0.699. The van der Waals surface area contributed by atoms with Crippen LogP contribution < -0.4 is 10.6 Å². The van der Waals surface area contributed by atoms with Crippen LogP contribution in [-0.4, -0.2) is 69.5 Å². The number of hydrogen-bond donors (Lipinski definition) is 2. The second-order valence-corrected chi connectivity index (χ2v) is 8.30. The summed E-state index contributed by atoms with van der Waals surface area (Å²) in [5.41, 5.74) is 1.11. The standard InChI is InChI=1S/C16H18ClN5O4S2/c1-7-5-27-15-12(14(25)22(15)8(7)2)20-13(24)11(21-26-3)9-6-28-16(18-9)19-10(23)4-17/h6,8,12,15H,1,4-5H2,2-3H3,(H,20,24)(H,18,19,23)/b21-11-. The van der Waals surface area contributed by atoms with E-state index in [0.29, 0.717) is 0 Å². The number of rotatable bonds is 6. The molecule has 12 heteroatoms. The maximum atomic E-state index is 12.7. The van der Waals surface area contributed by atoms with Crippen molar-refractivity contribution in [3.8, 4) is 0 Å². The average Bonchev–Trinajstić information content (AvgIpc) is 3.13. The molecule has 1 aromatic rings. The summed E-state index contributed by atoms with van der Waals surface area (Å²) in [7, 11) is 1.30. The number of aromatic nitrogens is 1. The number of alkyl halides is 1. The molecule has 2 aliphatic rings. The number of nitrogens with one attached hydrogen (secondary N) is 2. The monoisotopic (exact) mass is 443 g/mol. The molecule has 3 rings (SSSR count). The van der Waals surface area contributed by atoms with Crippen LogP contribution in [0.4, 0.5) is 5.13 Å². The Hall–Kier alpha value is -2.11. The van der Waals surface area contributed by atoms with Gasteiger partial charge in [-0.2, -0.15) is 0 Å². The number of carbonyl (C=O) groups excluding carboxylic acids is 3. The van der Waals surface area contributed by atoms with Crippen molar-refractivity contribution < 1.29 is 19.2 Å². The normalized spacial score (nSPS) is 24.3. The highest BCUT2D eigenvalue weighted by Gasteiger charge is 2.53. The second-order valence-electron chi connectivity index (χ2n) is 6.07. The molecule has 3 unspecified atom stereocenters. The lowest BCUT2D eigenvalue weighted by atomic mass is 9.99. The second kappa shape index (κ2) is 8.50. The predicted molar refractivity (Wildman–Crippen MR) is 109 cm³/mol. The molecule has 9 nitrogen and oxygen atoms in total. The molecule has 2 aliphatic heterocycles. The first-order chi connectivity index (χ1) is 13.4. The number of halogens is 1. The van der Waals surface area contributed by atoms with Gasteiger partial charge in [-0.25, -0.2) is 4.98 Å². The first kappa shape index (κ1) is 20.6. The van der Waals surface area contributed by atoms with Gasteiger partial charge in [-0.15, -0.1) is 34.7 Å². The number of anilines is 1. The molecule has 3 amide bonds. The highest BCUT2D eigenvalue weighted by Crippen LogP contribution is 2.39. The van der Waals surface area contributed by atoms with E-state index in [9.17, 15) is 14.4 Å². The fourth-order valence-corrected chi connectivity index (χ4v) is 5.04. The van der Waals surface area contributed by atoms with Gasteiger partial charge in [-0.05, 0) is 12.5 Å². The van der Waals surface area contributed by atoms with Crippen molar-refractivity contribution in [3.05, 3.63) is 23.2 Å². The zero-order chi connectivity index (χ0) is 20.4. The lowest BCUT2D eigenvalue weighted by Crippen LogP contribution is -2.73. The van der Waals surface area contributed by atoms with E-state index in [1.165, 1.54) is 7.11 Å². The highest BCUT2D eigenvalue weighted by molar-refractivity contribution is 8.00. The minimum absolute atomic E-state index is 0.0503. The number of oxime groups is 1. The molecule has 1 aromatic heterocycles.